The van der Waals surface area contributed by atoms with E-state index in [1.807, 2.05) is 25.9 Å². The number of piperidine rings is 1. The fourth-order valence-corrected chi connectivity index (χ4v) is 4.41. The second-order valence-electron chi connectivity index (χ2n) is 6.22. The Bertz CT molecular complexity index is 583. The van der Waals surface area contributed by atoms with E-state index >= 15 is 0 Å². The first-order chi connectivity index (χ1) is 9.73. The first-order valence-corrected chi connectivity index (χ1v) is 8.61. The molecular formula is C15H24N2O3S. The van der Waals surface area contributed by atoms with Crippen LogP contribution in [0.3, 0.4) is 0 Å². The predicted molar refractivity (Wildman–Crippen MR) is 82.7 cm³/mol. The molecule has 6 heteroatoms. The van der Waals surface area contributed by atoms with Crippen LogP contribution in [0.1, 0.15) is 18.4 Å². The van der Waals surface area contributed by atoms with Gasteiger partial charge in [0.15, 0.2) is 0 Å². The number of β-amino-alcohol motifs (C(OH)–C–C–N with tert-alkyl or cyclic N) is 1. The Morgan fingerprint density at radius 2 is 1.90 bits per heavy atom. The van der Waals surface area contributed by atoms with Crippen molar-refractivity contribution in [2.24, 2.45) is 0 Å². The van der Waals surface area contributed by atoms with E-state index in [9.17, 15) is 13.5 Å². The Labute approximate surface area is 127 Å². The minimum atomic E-state index is -3.53. The Morgan fingerprint density at radius 1 is 1.29 bits per heavy atom. The molecule has 1 aliphatic rings. The number of aliphatic hydroxyl groups is 1. The lowest BCUT2D eigenvalue weighted by Gasteiger charge is -2.39. The van der Waals surface area contributed by atoms with Gasteiger partial charge in [-0.3, -0.25) is 0 Å². The number of hydrogen-bond donors (Lipinski definition) is 1. The molecule has 1 atom stereocenters. The summed E-state index contributed by atoms with van der Waals surface area (Å²) in [5.74, 6) is 0. The summed E-state index contributed by atoms with van der Waals surface area (Å²) in [6.45, 7) is 3.01. The van der Waals surface area contributed by atoms with Crippen molar-refractivity contribution in [1.82, 2.24) is 9.21 Å². The molecule has 0 spiro atoms. The zero-order valence-electron chi connectivity index (χ0n) is 12.9. The van der Waals surface area contributed by atoms with Crippen LogP contribution in [0.4, 0.5) is 0 Å². The third-order valence-electron chi connectivity index (χ3n) is 3.79. The van der Waals surface area contributed by atoms with Gasteiger partial charge >= 0.3 is 0 Å². The van der Waals surface area contributed by atoms with Crippen molar-refractivity contribution in [2.75, 3.05) is 33.7 Å². The second-order valence-corrected chi connectivity index (χ2v) is 8.16. The minimum Gasteiger partial charge on any atom is -0.387 e. The molecule has 1 N–H and O–H groups in total. The number of aryl methyl sites for hydroxylation is 1. The van der Waals surface area contributed by atoms with Crippen LogP contribution in [-0.2, 0) is 10.0 Å². The van der Waals surface area contributed by atoms with Crippen LogP contribution < -0.4 is 0 Å². The summed E-state index contributed by atoms with van der Waals surface area (Å²) in [6, 6.07) is 6.85. The van der Waals surface area contributed by atoms with Crippen LogP contribution in [0, 0.1) is 6.92 Å². The Morgan fingerprint density at radius 3 is 2.48 bits per heavy atom. The highest BCUT2D eigenvalue weighted by Crippen LogP contribution is 2.27. The van der Waals surface area contributed by atoms with Crippen LogP contribution >= 0.6 is 0 Å². The highest BCUT2D eigenvalue weighted by atomic mass is 32.2. The zero-order chi connectivity index (χ0) is 15.7. The molecule has 0 aromatic heterocycles. The highest BCUT2D eigenvalue weighted by Gasteiger charge is 2.38. The van der Waals surface area contributed by atoms with Crippen molar-refractivity contribution in [3.63, 3.8) is 0 Å². The van der Waals surface area contributed by atoms with Gasteiger partial charge in [0.2, 0.25) is 10.0 Å². The molecule has 1 fully saturated rings. The summed E-state index contributed by atoms with van der Waals surface area (Å²) in [7, 11) is 0.230. The first kappa shape index (κ1) is 16.4. The summed E-state index contributed by atoms with van der Waals surface area (Å²) in [4.78, 5) is 2.18. The van der Waals surface area contributed by atoms with E-state index in [1.165, 1.54) is 4.31 Å². The maximum atomic E-state index is 12.7. The molecule has 21 heavy (non-hydrogen) atoms. The average Bonchev–Trinajstić information content (AvgIpc) is 2.37. The third-order valence-corrected chi connectivity index (χ3v) is 5.65. The topological polar surface area (TPSA) is 60.9 Å². The van der Waals surface area contributed by atoms with Gasteiger partial charge in [-0.05, 0) is 46.0 Å². The molecule has 1 saturated heterocycles. The SMILES string of the molecule is Cc1ccc(S(=O)(=O)N2CCCC(O)(CN(C)C)C2)cc1. The molecule has 0 saturated carbocycles. The highest BCUT2D eigenvalue weighted by molar-refractivity contribution is 7.89. The van der Waals surface area contributed by atoms with Gasteiger partial charge in [-0.15, -0.1) is 0 Å². The smallest absolute Gasteiger partial charge is 0.243 e. The largest absolute Gasteiger partial charge is 0.387 e. The predicted octanol–water partition coefficient (Wildman–Crippen LogP) is 1.07. The van der Waals surface area contributed by atoms with Gasteiger partial charge in [0.05, 0.1) is 10.5 Å². The maximum Gasteiger partial charge on any atom is 0.243 e. The molecule has 1 heterocycles. The Balaban J connectivity index is 2.22. The number of likely N-dealkylation sites (N-methyl/N-ethyl adjacent to an activating group) is 1. The number of benzene rings is 1. The van der Waals surface area contributed by atoms with E-state index in [-0.39, 0.29) is 6.54 Å². The molecule has 1 unspecified atom stereocenters. The van der Waals surface area contributed by atoms with Crippen LogP contribution in [-0.4, -0.2) is 62.1 Å². The summed E-state index contributed by atoms with van der Waals surface area (Å²) in [5, 5.41) is 10.6. The Kier molecular flexibility index (Phi) is 4.72. The van der Waals surface area contributed by atoms with E-state index in [4.69, 9.17) is 0 Å². The van der Waals surface area contributed by atoms with Crippen LogP contribution in [0.15, 0.2) is 29.2 Å². The molecule has 0 amide bonds. The number of nitrogens with zero attached hydrogens (tertiary/aromatic N) is 2. The van der Waals surface area contributed by atoms with Gasteiger partial charge in [-0.25, -0.2) is 8.42 Å². The summed E-state index contributed by atoms with van der Waals surface area (Å²) < 4.78 is 26.8. The van der Waals surface area contributed by atoms with Crippen LogP contribution in [0.2, 0.25) is 0 Å². The molecule has 5 nitrogen and oxygen atoms in total. The molecule has 2 rings (SSSR count). The summed E-state index contributed by atoms with van der Waals surface area (Å²) >= 11 is 0. The van der Waals surface area contributed by atoms with Crippen molar-refractivity contribution in [3.05, 3.63) is 29.8 Å². The summed E-state index contributed by atoms with van der Waals surface area (Å²) in [5.41, 5.74) is 0.0520. The van der Waals surface area contributed by atoms with Crippen molar-refractivity contribution >= 4 is 10.0 Å². The quantitative estimate of drug-likeness (QED) is 0.903. The van der Waals surface area contributed by atoms with Gasteiger partial charge in [0, 0.05) is 19.6 Å². The molecule has 0 aliphatic carbocycles. The van der Waals surface area contributed by atoms with Crippen molar-refractivity contribution in [3.8, 4) is 0 Å². The minimum absolute atomic E-state index is 0.154. The van der Waals surface area contributed by atoms with Crippen molar-refractivity contribution in [2.45, 2.75) is 30.3 Å². The van der Waals surface area contributed by atoms with Gasteiger partial charge < -0.3 is 10.0 Å². The molecular weight excluding hydrogens is 288 g/mol. The molecule has 0 bridgehead atoms. The lowest BCUT2D eigenvalue weighted by molar-refractivity contribution is -0.0257. The lowest BCUT2D eigenvalue weighted by Crippen LogP contribution is -2.54. The van der Waals surface area contributed by atoms with E-state index in [2.05, 4.69) is 0 Å². The number of hydrogen-bond acceptors (Lipinski definition) is 4. The van der Waals surface area contributed by atoms with Gasteiger partial charge in [0.1, 0.15) is 0 Å². The zero-order valence-corrected chi connectivity index (χ0v) is 13.7. The van der Waals surface area contributed by atoms with Crippen molar-refractivity contribution in [1.29, 1.82) is 0 Å². The molecule has 1 aromatic carbocycles. The monoisotopic (exact) mass is 312 g/mol. The molecule has 1 aromatic rings. The van der Waals surface area contributed by atoms with Crippen LogP contribution in [0.25, 0.3) is 0 Å². The van der Waals surface area contributed by atoms with Crippen LogP contribution in [0.5, 0.6) is 0 Å². The molecule has 1 aliphatic heterocycles. The van der Waals surface area contributed by atoms with Gasteiger partial charge in [0.25, 0.3) is 0 Å². The first-order valence-electron chi connectivity index (χ1n) is 7.17. The molecule has 118 valence electrons. The van der Waals surface area contributed by atoms with Gasteiger partial charge in [-0.1, -0.05) is 17.7 Å². The van der Waals surface area contributed by atoms with E-state index in [1.54, 1.807) is 24.3 Å². The lowest BCUT2D eigenvalue weighted by atomic mass is 9.94. The normalized spacial score (nSPS) is 24.4. The third kappa shape index (κ3) is 3.83. The number of sulfonamides is 1. The van der Waals surface area contributed by atoms with E-state index in [0.29, 0.717) is 30.8 Å². The standard InChI is InChI=1S/C15H24N2O3S/c1-13-5-7-14(8-6-13)21(19,20)17-10-4-9-15(18,12-17)11-16(2)3/h5-8,18H,4,9-12H2,1-3H3. The van der Waals surface area contributed by atoms with E-state index in [0.717, 1.165) is 5.56 Å². The van der Waals surface area contributed by atoms with E-state index < -0.39 is 15.6 Å². The number of rotatable bonds is 4. The fraction of sp³-hybridized carbons (Fsp3) is 0.600. The average molecular weight is 312 g/mol. The second kappa shape index (κ2) is 6.04. The maximum absolute atomic E-state index is 12.7. The Hall–Kier alpha value is -0.950. The van der Waals surface area contributed by atoms with Gasteiger partial charge in [-0.2, -0.15) is 4.31 Å². The summed E-state index contributed by atoms with van der Waals surface area (Å²) in [6.07, 6.45) is 1.31. The molecule has 0 radical (unpaired) electrons. The fourth-order valence-electron chi connectivity index (χ4n) is 2.85. The van der Waals surface area contributed by atoms with Crippen molar-refractivity contribution < 1.29 is 13.5 Å².